The summed E-state index contributed by atoms with van der Waals surface area (Å²) in [7, 11) is 1.61. The molecule has 1 aliphatic rings. The van der Waals surface area contributed by atoms with Gasteiger partial charge in [-0.2, -0.15) is 0 Å². The smallest absolute Gasteiger partial charge is 0.162 e. The first-order valence-electron chi connectivity index (χ1n) is 5.90. The molecule has 1 aromatic rings. The molecule has 0 spiro atoms. The molecule has 0 radical (unpaired) electrons. The van der Waals surface area contributed by atoms with E-state index in [1.807, 2.05) is 31.2 Å². The van der Waals surface area contributed by atoms with Crippen LogP contribution in [0.15, 0.2) is 34.8 Å². The highest BCUT2D eigenvalue weighted by atomic mass is 32.2. The zero-order chi connectivity index (χ0) is 14.0. The topological polar surface area (TPSA) is 64.7 Å². The Kier molecular flexibility index (Phi) is 4.07. The second-order valence-corrected chi connectivity index (χ2v) is 5.31. The van der Waals surface area contributed by atoms with Crippen molar-refractivity contribution in [3.05, 3.63) is 35.4 Å². The minimum Gasteiger partial charge on any atom is -0.496 e. The maximum Gasteiger partial charge on any atom is 0.162 e. The summed E-state index contributed by atoms with van der Waals surface area (Å²) in [5, 5.41) is 0. The van der Waals surface area contributed by atoms with E-state index in [2.05, 4.69) is 4.99 Å². The normalized spacial score (nSPS) is 19.2. The average Bonchev–Trinajstić information content (AvgIpc) is 2.37. The van der Waals surface area contributed by atoms with Crippen molar-refractivity contribution in [1.29, 1.82) is 0 Å². The monoisotopic (exact) mass is 276 g/mol. The number of allylic oxidation sites excluding steroid dienone is 1. The lowest BCUT2D eigenvalue weighted by atomic mass is 10.0. The number of rotatable bonds is 3. The van der Waals surface area contributed by atoms with E-state index in [9.17, 15) is 4.79 Å². The predicted molar refractivity (Wildman–Crippen MR) is 79.3 cm³/mol. The van der Waals surface area contributed by atoms with E-state index < -0.39 is 0 Å². The zero-order valence-corrected chi connectivity index (χ0v) is 12.0. The maximum absolute atomic E-state index is 11.9. The molecule has 0 fully saturated rings. The van der Waals surface area contributed by atoms with Gasteiger partial charge in [0.2, 0.25) is 0 Å². The lowest BCUT2D eigenvalue weighted by molar-refractivity contribution is -0.113. The molecule has 0 saturated heterocycles. The second-order valence-electron chi connectivity index (χ2n) is 4.18. The Hall–Kier alpha value is -1.59. The van der Waals surface area contributed by atoms with Crippen molar-refractivity contribution < 1.29 is 9.53 Å². The van der Waals surface area contributed by atoms with Crippen molar-refractivity contribution >= 4 is 28.2 Å². The minimum absolute atomic E-state index is 0.0124. The Bertz CT molecular complexity index is 579. The highest BCUT2D eigenvalue weighted by Gasteiger charge is 2.25. The number of ketones is 1. The van der Waals surface area contributed by atoms with Crippen LogP contribution in [0, 0.1) is 0 Å². The Balaban J connectivity index is 2.65. The van der Waals surface area contributed by atoms with E-state index in [0.29, 0.717) is 11.3 Å². The van der Waals surface area contributed by atoms with E-state index in [0.717, 1.165) is 16.2 Å². The summed E-state index contributed by atoms with van der Waals surface area (Å²) in [6.45, 7) is 3.35. The van der Waals surface area contributed by atoms with Gasteiger partial charge < -0.3 is 10.5 Å². The van der Waals surface area contributed by atoms with Crippen LogP contribution in [-0.2, 0) is 4.79 Å². The molecule has 4 nitrogen and oxygen atoms in total. The molecular weight excluding hydrogens is 260 g/mol. The van der Waals surface area contributed by atoms with Crippen molar-refractivity contribution in [2.75, 3.05) is 7.11 Å². The van der Waals surface area contributed by atoms with Gasteiger partial charge in [-0.05, 0) is 19.9 Å². The number of hydrogen-bond acceptors (Lipinski definition) is 5. The van der Waals surface area contributed by atoms with Crippen LogP contribution in [-0.4, -0.2) is 24.1 Å². The molecule has 0 saturated carbocycles. The molecule has 1 unspecified atom stereocenters. The fraction of sp³-hybridized carbons (Fsp3) is 0.286. The number of para-hydroxylation sites is 1. The number of ether oxygens (including phenoxy) is 1. The van der Waals surface area contributed by atoms with Gasteiger partial charge in [0.25, 0.3) is 0 Å². The molecule has 1 aromatic carbocycles. The van der Waals surface area contributed by atoms with Crippen LogP contribution in [0.3, 0.4) is 0 Å². The number of methoxy groups -OCH3 is 1. The van der Waals surface area contributed by atoms with Crippen LogP contribution in [0.4, 0.5) is 0 Å². The number of carbonyl (C=O) groups excluding carboxylic acids is 1. The zero-order valence-electron chi connectivity index (χ0n) is 11.1. The number of carbonyl (C=O) groups is 1. The number of hydrogen-bond donors (Lipinski definition) is 1. The molecule has 1 aliphatic heterocycles. The summed E-state index contributed by atoms with van der Waals surface area (Å²) in [5.41, 5.74) is 7.69. The van der Waals surface area contributed by atoms with Crippen molar-refractivity contribution in [2.45, 2.75) is 19.3 Å². The van der Waals surface area contributed by atoms with Crippen LogP contribution in [0.2, 0.25) is 0 Å². The molecule has 100 valence electrons. The van der Waals surface area contributed by atoms with Crippen molar-refractivity contribution in [2.24, 2.45) is 10.7 Å². The fourth-order valence-corrected chi connectivity index (χ4v) is 3.23. The quantitative estimate of drug-likeness (QED) is 0.921. The number of nitrogens with two attached hydrogens (primary N) is 1. The summed E-state index contributed by atoms with van der Waals surface area (Å²) in [4.78, 5) is 17.0. The number of thioether (sulfide) groups is 1. The molecule has 0 aliphatic carbocycles. The number of nitrogens with zero attached hydrogens (tertiary/aromatic N) is 1. The maximum atomic E-state index is 11.9. The molecular formula is C14H16N2O2S. The Morgan fingerprint density at radius 2 is 2.11 bits per heavy atom. The molecule has 19 heavy (non-hydrogen) atoms. The fourth-order valence-electron chi connectivity index (χ4n) is 2.07. The summed E-state index contributed by atoms with van der Waals surface area (Å²) >= 11 is 1.38. The van der Waals surface area contributed by atoms with Crippen LogP contribution in [0.1, 0.15) is 19.4 Å². The van der Waals surface area contributed by atoms with Crippen LogP contribution in [0.25, 0.3) is 4.91 Å². The van der Waals surface area contributed by atoms with Gasteiger partial charge in [0, 0.05) is 16.2 Å². The van der Waals surface area contributed by atoms with E-state index in [4.69, 9.17) is 10.5 Å². The molecule has 0 aromatic heterocycles. The lowest BCUT2D eigenvalue weighted by Gasteiger charge is -2.22. The van der Waals surface area contributed by atoms with E-state index in [-0.39, 0.29) is 11.3 Å². The molecule has 0 bridgehead atoms. The Morgan fingerprint density at radius 1 is 1.42 bits per heavy atom. The van der Waals surface area contributed by atoms with E-state index in [1.54, 1.807) is 14.0 Å². The predicted octanol–water partition coefficient (Wildman–Crippen LogP) is 2.45. The highest BCUT2D eigenvalue weighted by molar-refractivity contribution is 8.09. The highest BCUT2D eigenvalue weighted by Crippen LogP contribution is 2.40. The second kappa shape index (κ2) is 5.59. The molecule has 0 amide bonds. The number of aliphatic imine (C=N–C) groups is 1. The van der Waals surface area contributed by atoms with Crippen molar-refractivity contribution in [3.8, 4) is 5.75 Å². The first kappa shape index (κ1) is 13.8. The molecule has 1 atom stereocenters. The first-order valence-corrected chi connectivity index (χ1v) is 6.78. The third-order valence-electron chi connectivity index (χ3n) is 2.85. The Morgan fingerprint density at radius 3 is 2.74 bits per heavy atom. The van der Waals surface area contributed by atoms with Gasteiger partial charge >= 0.3 is 0 Å². The van der Waals surface area contributed by atoms with Gasteiger partial charge in [-0.15, -0.1) is 0 Å². The largest absolute Gasteiger partial charge is 0.496 e. The summed E-state index contributed by atoms with van der Waals surface area (Å²) in [5.74, 6) is 0.715. The van der Waals surface area contributed by atoms with Gasteiger partial charge in [-0.1, -0.05) is 30.0 Å². The van der Waals surface area contributed by atoms with E-state index in [1.165, 1.54) is 11.8 Å². The van der Waals surface area contributed by atoms with E-state index >= 15 is 0 Å². The van der Waals surface area contributed by atoms with Gasteiger partial charge in [-0.3, -0.25) is 9.79 Å². The number of Topliss-reactive ketones (excluding diaryl/α,β-unsaturated/α-hetero) is 1. The number of benzene rings is 1. The van der Waals surface area contributed by atoms with Gasteiger partial charge in [-0.25, -0.2) is 0 Å². The van der Waals surface area contributed by atoms with Crippen molar-refractivity contribution in [1.82, 2.24) is 0 Å². The summed E-state index contributed by atoms with van der Waals surface area (Å²) in [6.07, 6.45) is 0. The van der Waals surface area contributed by atoms with Gasteiger partial charge in [0.15, 0.2) is 5.78 Å². The third kappa shape index (κ3) is 2.72. The first-order chi connectivity index (χ1) is 9.04. The summed E-state index contributed by atoms with van der Waals surface area (Å²) < 4.78 is 5.36. The average molecular weight is 276 g/mol. The van der Waals surface area contributed by atoms with Crippen molar-refractivity contribution in [3.63, 3.8) is 0 Å². The van der Waals surface area contributed by atoms with Gasteiger partial charge in [0.05, 0.1) is 12.7 Å². The Labute approximate surface area is 116 Å². The van der Waals surface area contributed by atoms with Crippen LogP contribution in [0.5, 0.6) is 5.75 Å². The van der Waals surface area contributed by atoms with Crippen LogP contribution < -0.4 is 10.5 Å². The lowest BCUT2D eigenvalue weighted by Crippen LogP contribution is -2.22. The minimum atomic E-state index is -0.386. The molecule has 2 N–H and O–H groups in total. The summed E-state index contributed by atoms with van der Waals surface area (Å²) in [6, 6.07) is 7.60. The standard InChI is InChI=1S/C14H16N2O2S/c1-8-12(9(2)17)13(19-14(15)16-8)10-6-4-5-7-11(10)18-3/h4-7,14H,15H2,1-3H3. The SMILES string of the molecule is COc1ccccc1C1=C(C(C)=O)C(C)=NC(N)S1. The van der Waals surface area contributed by atoms with Gasteiger partial charge in [0.1, 0.15) is 11.2 Å². The molecule has 2 rings (SSSR count). The molecule has 1 heterocycles. The molecule has 5 heteroatoms. The van der Waals surface area contributed by atoms with Crippen LogP contribution >= 0.6 is 11.8 Å². The third-order valence-corrected chi connectivity index (χ3v) is 3.86.